The summed E-state index contributed by atoms with van der Waals surface area (Å²) in [5, 5.41) is 1.26. The Morgan fingerprint density at radius 1 is 0.880 bits per heavy atom. The van der Waals surface area contributed by atoms with Crippen molar-refractivity contribution in [3.63, 3.8) is 0 Å². The van der Waals surface area contributed by atoms with Crippen LogP contribution in [0.5, 0.6) is 0 Å². The van der Waals surface area contributed by atoms with E-state index in [9.17, 15) is 4.79 Å². The lowest BCUT2D eigenvalue weighted by Gasteiger charge is -2.44. The van der Waals surface area contributed by atoms with Gasteiger partial charge in [-0.15, -0.1) is 0 Å². The lowest BCUT2D eigenvalue weighted by Crippen LogP contribution is -2.50. The van der Waals surface area contributed by atoms with Gasteiger partial charge in [0.25, 0.3) is 0 Å². The molecule has 0 saturated carbocycles. The third-order valence-electron chi connectivity index (χ3n) is 6.79. The molecule has 138 valence electrons. The van der Waals surface area contributed by atoms with E-state index in [0.717, 1.165) is 0 Å². The molecule has 1 unspecified atom stereocenters. The molecule has 0 bridgehead atoms. The summed E-state index contributed by atoms with van der Waals surface area (Å²) in [6.07, 6.45) is 0. The molecule has 0 heterocycles. The van der Waals surface area contributed by atoms with Gasteiger partial charge in [-0.25, -0.2) is 0 Å². The van der Waals surface area contributed by atoms with Gasteiger partial charge in [0.2, 0.25) is 0 Å². The molecule has 25 heavy (non-hydrogen) atoms. The van der Waals surface area contributed by atoms with E-state index < -0.39 is 8.07 Å². The summed E-state index contributed by atoms with van der Waals surface area (Å²) in [5.74, 6) is 0.626. The fraction of sp³-hybridized carbons (Fsp3) is 0.609. The quantitative estimate of drug-likeness (QED) is 0.524. The number of rotatable bonds is 5. The largest absolute Gasteiger partial charge is 0.294 e. The second kappa shape index (κ2) is 6.87. The number of hydrogen-bond acceptors (Lipinski definition) is 1. The highest BCUT2D eigenvalue weighted by molar-refractivity contribution is 6.93. The van der Waals surface area contributed by atoms with E-state index in [1.54, 1.807) is 0 Å². The normalized spacial score (nSPS) is 21.1. The molecule has 0 amide bonds. The van der Waals surface area contributed by atoms with Crippen LogP contribution in [0, 0.1) is 5.41 Å². The molecule has 0 N–H and O–H groups in total. The first-order chi connectivity index (χ1) is 11.5. The molecule has 0 aromatic heterocycles. The zero-order chi connectivity index (χ0) is 19.2. The molecule has 2 rings (SSSR count). The van der Waals surface area contributed by atoms with Crippen LogP contribution in [0.25, 0.3) is 0 Å². The molecule has 0 saturated heterocycles. The van der Waals surface area contributed by atoms with Gasteiger partial charge in [0.1, 0.15) is 0 Å². The Morgan fingerprint density at radius 2 is 1.32 bits per heavy atom. The maximum atomic E-state index is 13.8. The number of carbonyl (C=O) groups excluding carboxylic acids is 1. The van der Waals surface area contributed by atoms with Crippen LogP contribution in [-0.4, -0.2) is 13.9 Å². The first kappa shape index (κ1) is 20.2. The Morgan fingerprint density at radius 3 is 1.72 bits per heavy atom. The van der Waals surface area contributed by atoms with Gasteiger partial charge in [0.15, 0.2) is 5.78 Å². The van der Waals surface area contributed by atoms with Gasteiger partial charge in [-0.1, -0.05) is 91.3 Å². The third kappa shape index (κ3) is 2.87. The molecule has 1 aromatic carbocycles. The second-order valence-corrected chi connectivity index (χ2v) is 15.2. The highest BCUT2D eigenvalue weighted by Crippen LogP contribution is 2.57. The Balaban J connectivity index is 2.78. The van der Waals surface area contributed by atoms with Gasteiger partial charge in [0.05, 0.1) is 8.07 Å². The SMILES string of the molecule is CC1=C([Si](C(C)C)(C(C)C)C(C)C)C(=O)C(C)(C)C1c1ccccc1. The number of allylic oxidation sites excluding steroid dienone is 2. The molecule has 1 aliphatic rings. The number of hydrogen-bond donors (Lipinski definition) is 0. The van der Waals surface area contributed by atoms with Crippen molar-refractivity contribution in [1.29, 1.82) is 0 Å². The summed E-state index contributed by atoms with van der Waals surface area (Å²) < 4.78 is 0. The number of carbonyl (C=O) groups is 1. The molecule has 0 aliphatic heterocycles. The molecule has 2 heteroatoms. The van der Waals surface area contributed by atoms with Crippen LogP contribution in [0.1, 0.15) is 73.8 Å². The Kier molecular flexibility index (Phi) is 5.54. The second-order valence-electron chi connectivity index (χ2n) is 9.35. The predicted molar refractivity (Wildman–Crippen MR) is 112 cm³/mol. The highest BCUT2D eigenvalue weighted by atomic mass is 28.3. The van der Waals surface area contributed by atoms with E-state index in [-0.39, 0.29) is 11.3 Å². The van der Waals surface area contributed by atoms with Gasteiger partial charge in [-0.05, 0) is 34.3 Å². The smallest absolute Gasteiger partial charge is 0.161 e. The van der Waals surface area contributed by atoms with Gasteiger partial charge in [-0.3, -0.25) is 4.79 Å². The standard InChI is InChI=1S/C23H36OSi/c1-15(2)25(16(3)4,17(5)6)21-18(7)20(23(8,9)22(21)24)19-13-11-10-12-14-19/h10-17,20H,1-9H3. The molecule has 1 aliphatic carbocycles. The summed E-state index contributed by atoms with van der Waals surface area (Å²) in [4.78, 5) is 13.8. The van der Waals surface area contributed by atoms with Crippen LogP contribution in [0.2, 0.25) is 16.6 Å². The lowest BCUT2D eigenvalue weighted by molar-refractivity contribution is -0.122. The van der Waals surface area contributed by atoms with Crippen LogP contribution in [0.3, 0.4) is 0 Å². The Hall–Kier alpha value is -1.15. The topological polar surface area (TPSA) is 17.1 Å². The minimum atomic E-state index is -1.95. The first-order valence-electron chi connectivity index (χ1n) is 9.81. The van der Waals surface area contributed by atoms with Crippen LogP contribution < -0.4 is 0 Å². The zero-order valence-corrected chi connectivity index (χ0v) is 18.6. The molecular formula is C23H36OSi. The summed E-state index contributed by atoms with van der Waals surface area (Å²) in [5.41, 5.74) is 3.97. The minimum Gasteiger partial charge on any atom is -0.294 e. The Labute approximate surface area is 155 Å². The summed E-state index contributed by atoms with van der Waals surface area (Å²) >= 11 is 0. The van der Waals surface area contributed by atoms with Crippen molar-refractivity contribution in [1.82, 2.24) is 0 Å². The number of benzene rings is 1. The van der Waals surface area contributed by atoms with E-state index in [4.69, 9.17) is 0 Å². The lowest BCUT2D eigenvalue weighted by atomic mass is 9.74. The van der Waals surface area contributed by atoms with Crippen molar-refractivity contribution < 1.29 is 4.79 Å². The van der Waals surface area contributed by atoms with E-state index in [0.29, 0.717) is 22.4 Å². The van der Waals surface area contributed by atoms with Crippen molar-refractivity contribution in [3.8, 4) is 0 Å². The zero-order valence-electron chi connectivity index (χ0n) is 17.6. The van der Waals surface area contributed by atoms with E-state index >= 15 is 0 Å². The molecule has 0 spiro atoms. The van der Waals surface area contributed by atoms with Crippen LogP contribution in [-0.2, 0) is 4.79 Å². The van der Waals surface area contributed by atoms with E-state index in [1.807, 2.05) is 0 Å². The van der Waals surface area contributed by atoms with Gasteiger partial charge in [-0.2, -0.15) is 0 Å². The molecule has 0 radical (unpaired) electrons. The van der Waals surface area contributed by atoms with Gasteiger partial charge >= 0.3 is 0 Å². The fourth-order valence-corrected chi connectivity index (χ4v) is 13.3. The summed E-state index contributed by atoms with van der Waals surface area (Å²) in [6.45, 7) is 20.7. The maximum absolute atomic E-state index is 13.8. The molecule has 1 atom stereocenters. The number of Topliss-reactive ketones (excluding diaryl/α,β-unsaturated/α-hetero) is 1. The van der Waals surface area contributed by atoms with Crippen molar-refractivity contribution in [3.05, 3.63) is 46.7 Å². The van der Waals surface area contributed by atoms with E-state index in [1.165, 1.54) is 16.3 Å². The highest BCUT2D eigenvalue weighted by Gasteiger charge is 2.57. The van der Waals surface area contributed by atoms with Crippen LogP contribution in [0.4, 0.5) is 0 Å². The van der Waals surface area contributed by atoms with E-state index in [2.05, 4.69) is 92.6 Å². The monoisotopic (exact) mass is 356 g/mol. The van der Waals surface area contributed by atoms with Crippen LogP contribution >= 0.6 is 0 Å². The fourth-order valence-electron chi connectivity index (χ4n) is 6.03. The molecule has 1 aromatic rings. The van der Waals surface area contributed by atoms with Crippen molar-refractivity contribution >= 4 is 13.9 Å². The number of ketones is 1. The minimum absolute atomic E-state index is 0.208. The van der Waals surface area contributed by atoms with Crippen LogP contribution in [0.15, 0.2) is 41.1 Å². The summed E-state index contributed by atoms with van der Waals surface area (Å²) in [7, 11) is -1.95. The third-order valence-corrected chi connectivity index (χ3v) is 14.0. The average Bonchev–Trinajstić information content (AvgIpc) is 2.67. The molecule has 0 fully saturated rings. The Bertz CT molecular complexity index is 643. The molecular weight excluding hydrogens is 320 g/mol. The predicted octanol–water partition coefficient (Wildman–Crippen LogP) is 6.91. The first-order valence-corrected chi connectivity index (χ1v) is 12.0. The maximum Gasteiger partial charge on any atom is 0.161 e. The average molecular weight is 357 g/mol. The van der Waals surface area contributed by atoms with Crippen molar-refractivity contribution in [2.24, 2.45) is 5.41 Å². The summed E-state index contributed by atoms with van der Waals surface area (Å²) in [6, 6.07) is 10.6. The van der Waals surface area contributed by atoms with Crippen molar-refractivity contribution in [2.45, 2.75) is 84.9 Å². The molecule has 1 nitrogen and oxygen atoms in total. The van der Waals surface area contributed by atoms with Gasteiger partial charge in [0, 0.05) is 11.3 Å². The van der Waals surface area contributed by atoms with Gasteiger partial charge < -0.3 is 0 Å². The van der Waals surface area contributed by atoms with Crippen molar-refractivity contribution in [2.75, 3.05) is 0 Å².